The van der Waals surface area contributed by atoms with Crippen LogP contribution < -0.4 is 0 Å². The van der Waals surface area contributed by atoms with Gasteiger partial charge in [-0.25, -0.2) is 0 Å². The van der Waals surface area contributed by atoms with Gasteiger partial charge in [0.25, 0.3) is 0 Å². The highest BCUT2D eigenvalue weighted by Crippen LogP contribution is 2.19. The summed E-state index contributed by atoms with van der Waals surface area (Å²) in [5, 5.41) is 0. The van der Waals surface area contributed by atoms with Gasteiger partial charge in [-0.15, -0.1) is 0 Å². The van der Waals surface area contributed by atoms with Crippen LogP contribution >= 0.6 is 0 Å². The largest absolute Gasteiger partial charge is 0.462 e. The minimum atomic E-state index is -0.763. The predicted molar refractivity (Wildman–Crippen MR) is 270 cm³/mol. The number of unbranched alkanes of at least 4 members (excludes halogenated alkanes) is 34. The van der Waals surface area contributed by atoms with E-state index in [9.17, 15) is 14.4 Å². The lowest BCUT2D eigenvalue weighted by Crippen LogP contribution is -2.30. The molecule has 0 bridgehead atoms. The van der Waals surface area contributed by atoms with E-state index in [0.717, 1.165) is 69.6 Å². The Morgan fingerprint density at radius 1 is 0.317 bits per heavy atom. The van der Waals surface area contributed by atoms with Crippen molar-refractivity contribution in [3.63, 3.8) is 0 Å². The second-order valence-corrected chi connectivity index (χ2v) is 20.1. The number of rotatable bonds is 51. The highest BCUT2D eigenvalue weighted by atomic mass is 16.6. The minimum Gasteiger partial charge on any atom is -0.462 e. The van der Waals surface area contributed by atoms with Crippen LogP contribution in [0.2, 0.25) is 0 Å². The van der Waals surface area contributed by atoms with Crippen LogP contribution in [0, 0.1) is 11.8 Å². The smallest absolute Gasteiger partial charge is 0.306 e. The lowest BCUT2D eigenvalue weighted by molar-refractivity contribution is -0.167. The van der Waals surface area contributed by atoms with E-state index in [4.69, 9.17) is 14.2 Å². The third-order valence-electron chi connectivity index (χ3n) is 13.7. The van der Waals surface area contributed by atoms with Gasteiger partial charge in [0, 0.05) is 19.3 Å². The number of hydrogen-bond donors (Lipinski definition) is 0. The SMILES string of the molecule is CCCCCCCCCCCCCCCCCCCC(=O)OC[C@@H](COC(=O)CCCCCCCCCCCCC(C)CC)OC(=O)CCCCCCCCCCCCC(C)CC. The summed E-state index contributed by atoms with van der Waals surface area (Å²) in [6.07, 6.45) is 52.2. The van der Waals surface area contributed by atoms with Crippen molar-refractivity contribution in [2.24, 2.45) is 11.8 Å². The molecule has 0 aliphatic carbocycles. The quantitative estimate of drug-likeness (QED) is 0.0344. The van der Waals surface area contributed by atoms with Crippen LogP contribution in [0.1, 0.15) is 317 Å². The van der Waals surface area contributed by atoms with Crippen molar-refractivity contribution in [3.05, 3.63) is 0 Å². The number of ether oxygens (including phenoxy) is 3. The van der Waals surface area contributed by atoms with Gasteiger partial charge in [-0.2, -0.15) is 0 Å². The molecular formula is C57H110O6. The van der Waals surface area contributed by atoms with Crippen LogP contribution in [0.5, 0.6) is 0 Å². The molecular weight excluding hydrogens is 781 g/mol. The second kappa shape index (κ2) is 49.8. The summed E-state index contributed by atoms with van der Waals surface area (Å²) < 4.78 is 16.9. The molecule has 3 atom stereocenters. The molecule has 0 N–H and O–H groups in total. The molecule has 2 unspecified atom stereocenters. The molecule has 0 saturated heterocycles. The Balaban J connectivity index is 4.31. The second-order valence-electron chi connectivity index (χ2n) is 20.1. The van der Waals surface area contributed by atoms with Crippen molar-refractivity contribution in [2.45, 2.75) is 323 Å². The molecule has 0 heterocycles. The molecule has 0 rings (SSSR count). The average molecular weight is 892 g/mol. The van der Waals surface area contributed by atoms with Gasteiger partial charge >= 0.3 is 17.9 Å². The molecule has 0 radical (unpaired) electrons. The first-order valence-electron chi connectivity index (χ1n) is 28.3. The van der Waals surface area contributed by atoms with E-state index in [0.29, 0.717) is 19.3 Å². The number of carbonyl (C=O) groups excluding carboxylic acids is 3. The normalized spacial score (nSPS) is 12.9. The molecule has 0 aromatic heterocycles. The Kier molecular flexibility index (Phi) is 48.6. The first-order valence-corrected chi connectivity index (χ1v) is 28.3. The maximum Gasteiger partial charge on any atom is 0.306 e. The molecule has 0 spiro atoms. The predicted octanol–water partition coefficient (Wildman–Crippen LogP) is 18.5. The van der Waals surface area contributed by atoms with E-state index >= 15 is 0 Å². The molecule has 374 valence electrons. The van der Waals surface area contributed by atoms with E-state index in [1.54, 1.807) is 0 Å². The van der Waals surface area contributed by atoms with Crippen molar-refractivity contribution in [1.29, 1.82) is 0 Å². The van der Waals surface area contributed by atoms with Crippen LogP contribution in [0.4, 0.5) is 0 Å². The maximum atomic E-state index is 12.8. The van der Waals surface area contributed by atoms with Crippen LogP contribution in [0.25, 0.3) is 0 Å². The fourth-order valence-electron chi connectivity index (χ4n) is 8.63. The third-order valence-corrected chi connectivity index (χ3v) is 13.7. The van der Waals surface area contributed by atoms with Crippen LogP contribution in [-0.2, 0) is 28.6 Å². The third kappa shape index (κ3) is 48.2. The molecule has 0 saturated carbocycles. The first kappa shape index (κ1) is 61.4. The van der Waals surface area contributed by atoms with E-state index < -0.39 is 6.10 Å². The van der Waals surface area contributed by atoms with Gasteiger partial charge < -0.3 is 14.2 Å². The fraction of sp³-hybridized carbons (Fsp3) is 0.947. The first-order chi connectivity index (χ1) is 30.8. The number of hydrogen-bond acceptors (Lipinski definition) is 6. The summed E-state index contributed by atoms with van der Waals surface area (Å²) in [4.78, 5) is 38.1. The molecule has 0 aromatic rings. The average Bonchev–Trinajstić information content (AvgIpc) is 3.28. The molecule has 6 nitrogen and oxygen atoms in total. The van der Waals surface area contributed by atoms with Crippen molar-refractivity contribution in [1.82, 2.24) is 0 Å². The Labute approximate surface area is 393 Å². The summed E-state index contributed by atoms with van der Waals surface area (Å²) in [5.41, 5.74) is 0. The Morgan fingerprint density at radius 3 is 0.825 bits per heavy atom. The molecule has 0 fully saturated rings. The summed E-state index contributed by atoms with van der Waals surface area (Å²) in [6.45, 7) is 11.4. The van der Waals surface area contributed by atoms with E-state index in [1.807, 2.05) is 0 Å². The zero-order valence-electron chi connectivity index (χ0n) is 43.2. The summed E-state index contributed by atoms with van der Waals surface area (Å²) in [7, 11) is 0. The van der Waals surface area contributed by atoms with Crippen molar-refractivity contribution >= 4 is 17.9 Å². The van der Waals surface area contributed by atoms with Crippen molar-refractivity contribution in [2.75, 3.05) is 13.2 Å². The minimum absolute atomic E-state index is 0.0632. The van der Waals surface area contributed by atoms with Gasteiger partial charge in [0.1, 0.15) is 13.2 Å². The zero-order valence-corrected chi connectivity index (χ0v) is 43.2. The van der Waals surface area contributed by atoms with Gasteiger partial charge in [-0.3, -0.25) is 14.4 Å². The maximum absolute atomic E-state index is 12.8. The lowest BCUT2D eigenvalue weighted by Gasteiger charge is -2.18. The summed E-state index contributed by atoms with van der Waals surface area (Å²) in [5.74, 6) is 0.894. The van der Waals surface area contributed by atoms with Gasteiger partial charge in [0.15, 0.2) is 6.10 Å². The van der Waals surface area contributed by atoms with Gasteiger partial charge in [0.05, 0.1) is 0 Å². The fourth-order valence-corrected chi connectivity index (χ4v) is 8.63. The summed E-state index contributed by atoms with van der Waals surface area (Å²) >= 11 is 0. The van der Waals surface area contributed by atoms with Gasteiger partial charge in [0.2, 0.25) is 0 Å². The van der Waals surface area contributed by atoms with Crippen molar-refractivity contribution in [3.8, 4) is 0 Å². The molecule has 63 heavy (non-hydrogen) atoms. The topological polar surface area (TPSA) is 78.9 Å². The van der Waals surface area contributed by atoms with Crippen molar-refractivity contribution < 1.29 is 28.6 Å². The molecule has 0 aliphatic rings. The molecule has 0 aromatic carbocycles. The van der Waals surface area contributed by atoms with Crippen LogP contribution in [0.15, 0.2) is 0 Å². The van der Waals surface area contributed by atoms with Gasteiger partial charge in [-0.05, 0) is 31.1 Å². The van der Waals surface area contributed by atoms with Crippen LogP contribution in [-0.4, -0.2) is 37.2 Å². The van der Waals surface area contributed by atoms with E-state index in [1.165, 1.54) is 205 Å². The summed E-state index contributed by atoms with van der Waals surface area (Å²) in [6, 6.07) is 0. The number of esters is 3. The van der Waals surface area contributed by atoms with E-state index in [2.05, 4.69) is 34.6 Å². The van der Waals surface area contributed by atoms with Crippen LogP contribution in [0.3, 0.4) is 0 Å². The highest BCUT2D eigenvalue weighted by Gasteiger charge is 2.19. The molecule has 0 aliphatic heterocycles. The monoisotopic (exact) mass is 891 g/mol. The molecule has 6 heteroatoms. The molecule has 0 amide bonds. The Hall–Kier alpha value is -1.59. The number of carbonyl (C=O) groups is 3. The highest BCUT2D eigenvalue weighted by molar-refractivity contribution is 5.71. The lowest BCUT2D eigenvalue weighted by atomic mass is 9.99. The van der Waals surface area contributed by atoms with E-state index in [-0.39, 0.29) is 31.1 Å². The Morgan fingerprint density at radius 2 is 0.556 bits per heavy atom. The Bertz CT molecular complexity index is 966. The van der Waals surface area contributed by atoms with Gasteiger partial charge in [-0.1, -0.05) is 279 Å². The zero-order chi connectivity index (χ0) is 46.1. The standard InChI is InChI=1S/C57H110O6/c1-6-9-10-11-12-13-14-15-16-17-18-19-20-27-32-37-42-47-55(58)61-50-54(63-57(60)49-44-39-34-29-24-22-26-31-36-41-46-53(5)8-3)51-62-56(59)48-43-38-33-28-23-21-25-30-35-40-45-52(4)7-2/h52-54H,6-51H2,1-5H3/t52?,53?,54-/m0/s1.